The lowest BCUT2D eigenvalue weighted by Gasteiger charge is -2.12. The molecule has 2 N–H and O–H groups in total. The Balaban J connectivity index is 2.29. The van der Waals surface area contributed by atoms with Crippen molar-refractivity contribution in [3.05, 3.63) is 58.1 Å². The molecule has 0 aromatic heterocycles. The van der Waals surface area contributed by atoms with Gasteiger partial charge in [-0.1, -0.05) is 35.3 Å². The highest BCUT2D eigenvalue weighted by Gasteiger charge is 2.13. The minimum Gasteiger partial charge on any atom is -0.324 e. The van der Waals surface area contributed by atoms with Gasteiger partial charge in [0.15, 0.2) is 0 Å². The standard InChI is InChI=1S/C15H12Cl2N2O2/c1-9(20)18-14-8-10(16)6-7-13(14)19-15(21)11-4-2-3-5-12(11)17/h2-8H,1H3,(H,18,20)(H,19,21). The molecule has 2 amide bonds. The number of hydrogen-bond acceptors (Lipinski definition) is 2. The van der Waals surface area contributed by atoms with Crippen molar-refractivity contribution in [1.29, 1.82) is 0 Å². The highest BCUT2D eigenvalue weighted by molar-refractivity contribution is 6.34. The molecule has 0 unspecified atom stereocenters. The largest absolute Gasteiger partial charge is 0.324 e. The Morgan fingerprint density at radius 1 is 0.952 bits per heavy atom. The van der Waals surface area contributed by atoms with Crippen LogP contribution in [0.2, 0.25) is 10.0 Å². The highest BCUT2D eigenvalue weighted by atomic mass is 35.5. The minimum atomic E-state index is -0.366. The van der Waals surface area contributed by atoms with E-state index in [-0.39, 0.29) is 11.8 Å². The quantitative estimate of drug-likeness (QED) is 0.889. The highest BCUT2D eigenvalue weighted by Crippen LogP contribution is 2.27. The van der Waals surface area contributed by atoms with Crippen LogP contribution < -0.4 is 10.6 Å². The molecule has 2 rings (SSSR count). The van der Waals surface area contributed by atoms with E-state index in [0.29, 0.717) is 27.0 Å². The second-order valence-electron chi connectivity index (χ2n) is 4.31. The zero-order valence-electron chi connectivity index (χ0n) is 11.1. The Bertz CT molecular complexity index is 702. The third-order valence-corrected chi connectivity index (χ3v) is 3.22. The predicted octanol–water partition coefficient (Wildman–Crippen LogP) is 4.20. The predicted molar refractivity (Wildman–Crippen MR) is 85.2 cm³/mol. The van der Waals surface area contributed by atoms with E-state index in [1.165, 1.54) is 6.92 Å². The summed E-state index contributed by atoms with van der Waals surface area (Å²) in [5.41, 5.74) is 1.22. The van der Waals surface area contributed by atoms with Gasteiger partial charge in [0, 0.05) is 11.9 Å². The van der Waals surface area contributed by atoms with E-state index in [1.807, 2.05) is 0 Å². The van der Waals surface area contributed by atoms with E-state index >= 15 is 0 Å². The van der Waals surface area contributed by atoms with Crippen molar-refractivity contribution >= 4 is 46.4 Å². The summed E-state index contributed by atoms with van der Waals surface area (Å²) in [7, 11) is 0. The second kappa shape index (κ2) is 6.61. The third kappa shape index (κ3) is 3.97. The molecular weight excluding hydrogens is 311 g/mol. The first kappa shape index (κ1) is 15.4. The Morgan fingerprint density at radius 3 is 2.33 bits per heavy atom. The molecule has 0 saturated heterocycles. The summed E-state index contributed by atoms with van der Waals surface area (Å²) >= 11 is 11.9. The fraction of sp³-hybridized carbons (Fsp3) is 0.0667. The molecule has 2 aromatic carbocycles. The van der Waals surface area contributed by atoms with Crippen LogP contribution in [0, 0.1) is 0 Å². The Hall–Kier alpha value is -2.04. The fourth-order valence-electron chi connectivity index (χ4n) is 1.75. The van der Waals surface area contributed by atoms with Gasteiger partial charge in [-0.15, -0.1) is 0 Å². The maximum absolute atomic E-state index is 12.2. The number of nitrogens with one attached hydrogen (secondary N) is 2. The number of rotatable bonds is 3. The van der Waals surface area contributed by atoms with Gasteiger partial charge in [-0.05, 0) is 30.3 Å². The lowest BCUT2D eigenvalue weighted by Crippen LogP contribution is -2.15. The van der Waals surface area contributed by atoms with Gasteiger partial charge in [-0.25, -0.2) is 0 Å². The number of hydrogen-bond donors (Lipinski definition) is 2. The molecule has 0 aliphatic heterocycles. The molecule has 0 atom stereocenters. The van der Waals surface area contributed by atoms with E-state index in [2.05, 4.69) is 10.6 Å². The summed E-state index contributed by atoms with van der Waals surface area (Å²) in [4.78, 5) is 23.4. The van der Waals surface area contributed by atoms with Gasteiger partial charge in [0.1, 0.15) is 0 Å². The van der Waals surface area contributed by atoms with Gasteiger partial charge >= 0.3 is 0 Å². The Kier molecular flexibility index (Phi) is 4.83. The molecule has 0 heterocycles. The molecule has 0 aliphatic rings. The van der Waals surface area contributed by atoms with Crippen molar-refractivity contribution < 1.29 is 9.59 Å². The van der Waals surface area contributed by atoms with E-state index < -0.39 is 0 Å². The van der Waals surface area contributed by atoms with E-state index in [4.69, 9.17) is 23.2 Å². The van der Waals surface area contributed by atoms with Crippen molar-refractivity contribution in [2.45, 2.75) is 6.92 Å². The molecule has 4 nitrogen and oxygen atoms in total. The minimum absolute atomic E-state index is 0.259. The number of amides is 2. The van der Waals surface area contributed by atoms with Gasteiger partial charge in [-0.2, -0.15) is 0 Å². The molecule has 0 saturated carbocycles. The number of carbonyl (C=O) groups is 2. The van der Waals surface area contributed by atoms with Crippen LogP contribution in [0.5, 0.6) is 0 Å². The summed E-state index contributed by atoms with van der Waals surface area (Å²) in [6, 6.07) is 11.5. The first-order valence-electron chi connectivity index (χ1n) is 6.10. The van der Waals surface area contributed by atoms with E-state index in [9.17, 15) is 9.59 Å². The monoisotopic (exact) mass is 322 g/mol. The SMILES string of the molecule is CC(=O)Nc1cc(Cl)ccc1NC(=O)c1ccccc1Cl. The topological polar surface area (TPSA) is 58.2 Å². The molecular formula is C15H12Cl2N2O2. The van der Waals surface area contributed by atoms with Crippen LogP contribution in [-0.2, 0) is 4.79 Å². The van der Waals surface area contributed by atoms with E-state index in [1.54, 1.807) is 42.5 Å². The van der Waals surface area contributed by atoms with Crippen LogP contribution in [0.25, 0.3) is 0 Å². The van der Waals surface area contributed by atoms with E-state index in [0.717, 1.165) is 0 Å². The molecule has 108 valence electrons. The zero-order chi connectivity index (χ0) is 15.4. The maximum atomic E-state index is 12.2. The maximum Gasteiger partial charge on any atom is 0.257 e. The van der Waals surface area contributed by atoms with Crippen molar-refractivity contribution in [3.63, 3.8) is 0 Å². The summed E-state index contributed by atoms with van der Waals surface area (Å²) in [6.07, 6.45) is 0. The molecule has 0 bridgehead atoms. The summed E-state index contributed by atoms with van der Waals surface area (Å²) in [5, 5.41) is 6.12. The van der Waals surface area contributed by atoms with Gasteiger partial charge in [0.25, 0.3) is 5.91 Å². The lowest BCUT2D eigenvalue weighted by molar-refractivity contribution is -0.114. The molecule has 21 heavy (non-hydrogen) atoms. The average Bonchev–Trinajstić information content (AvgIpc) is 2.41. The van der Waals surface area contributed by atoms with Crippen LogP contribution in [0.1, 0.15) is 17.3 Å². The summed E-state index contributed by atoms with van der Waals surface area (Å²) in [6.45, 7) is 1.38. The van der Waals surface area contributed by atoms with Crippen LogP contribution in [-0.4, -0.2) is 11.8 Å². The van der Waals surface area contributed by atoms with Gasteiger partial charge in [0.2, 0.25) is 5.91 Å². The fourth-order valence-corrected chi connectivity index (χ4v) is 2.15. The molecule has 0 aliphatic carbocycles. The number of halogens is 2. The zero-order valence-corrected chi connectivity index (χ0v) is 12.6. The smallest absolute Gasteiger partial charge is 0.257 e. The van der Waals surface area contributed by atoms with Crippen molar-refractivity contribution in [3.8, 4) is 0 Å². The molecule has 6 heteroatoms. The molecule has 0 spiro atoms. The average molecular weight is 323 g/mol. The molecule has 0 radical (unpaired) electrons. The lowest BCUT2D eigenvalue weighted by atomic mass is 10.2. The van der Waals surface area contributed by atoms with Crippen LogP contribution in [0.4, 0.5) is 11.4 Å². The van der Waals surface area contributed by atoms with Crippen molar-refractivity contribution in [2.75, 3.05) is 10.6 Å². The summed E-state index contributed by atoms with van der Waals surface area (Å²) < 4.78 is 0. The molecule has 2 aromatic rings. The number of benzene rings is 2. The first-order chi connectivity index (χ1) is 9.97. The first-order valence-corrected chi connectivity index (χ1v) is 6.86. The Labute approximate surface area is 132 Å². The van der Waals surface area contributed by atoms with Crippen molar-refractivity contribution in [2.24, 2.45) is 0 Å². The normalized spacial score (nSPS) is 10.0. The summed E-state index contributed by atoms with van der Waals surface area (Å²) in [5.74, 6) is -0.625. The van der Waals surface area contributed by atoms with Gasteiger partial charge < -0.3 is 10.6 Å². The van der Waals surface area contributed by atoms with Crippen molar-refractivity contribution in [1.82, 2.24) is 0 Å². The second-order valence-corrected chi connectivity index (χ2v) is 5.15. The van der Waals surface area contributed by atoms with Crippen LogP contribution in [0.3, 0.4) is 0 Å². The number of anilines is 2. The Morgan fingerprint density at radius 2 is 1.67 bits per heavy atom. The van der Waals surface area contributed by atoms with Crippen LogP contribution in [0.15, 0.2) is 42.5 Å². The third-order valence-electron chi connectivity index (χ3n) is 2.66. The number of carbonyl (C=O) groups excluding carboxylic acids is 2. The molecule has 0 fully saturated rings. The van der Waals surface area contributed by atoms with Gasteiger partial charge in [-0.3, -0.25) is 9.59 Å². The van der Waals surface area contributed by atoms with Gasteiger partial charge in [0.05, 0.1) is 22.0 Å². The van der Waals surface area contributed by atoms with Crippen LogP contribution >= 0.6 is 23.2 Å².